The Labute approximate surface area is 148 Å². The number of halogens is 1. The van der Waals surface area contributed by atoms with E-state index >= 15 is 0 Å². The number of hydrogen-bond donors (Lipinski definition) is 1. The van der Waals surface area contributed by atoms with Crippen molar-refractivity contribution >= 4 is 24.2 Å². The minimum atomic E-state index is -0.278. The van der Waals surface area contributed by atoms with Gasteiger partial charge in [0.2, 0.25) is 5.91 Å². The van der Waals surface area contributed by atoms with Gasteiger partial charge in [0, 0.05) is 38.3 Å². The molecule has 0 aromatic heterocycles. The summed E-state index contributed by atoms with van der Waals surface area (Å²) >= 11 is 0. The highest BCUT2D eigenvalue weighted by atomic mass is 35.5. The molecule has 7 heteroatoms. The molecule has 132 valence electrons. The van der Waals surface area contributed by atoms with E-state index in [1.807, 2.05) is 47.1 Å². The number of ether oxygens (including phenoxy) is 1. The van der Waals surface area contributed by atoms with E-state index < -0.39 is 0 Å². The maximum atomic E-state index is 12.6. The summed E-state index contributed by atoms with van der Waals surface area (Å²) in [5.74, 6) is 0.106. The van der Waals surface area contributed by atoms with Gasteiger partial charge in [-0.05, 0) is 19.1 Å². The van der Waals surface area contributed by atoms with Crippen LogP contribution in [0.1, 0.15) is 17.3 Å². The van der Waals surface area contributed by atoms with Crippen molar-refractivity contribution in [1.82, 2.24) is 15.1 Å². The van der Waals surface area contributed by atoms with Crippen LogP contribution in [-0.4, -0.2) is 73.1 Å². The Hall–Kier alpha value is -1.63. The standard InChI is InChI=1S/C17H23N3O3.ClH/c1-13-15(18-7-12-23-13)17(22)20-10-8-19(9-11-20)16(21)14-5-3-2-4-6-14;/h2-6,13,15,18H,7-12H2,1H3;1H/t13-,15+;/m1./s1. The fourth-order valence-corrected chi connectivity index (χ4v) is 3.10. The second kappa shape index (κ2) is 8.46. The maximum Gasteiger partial charge on any atom is 0.253 e. The smallest absolute Gasteiger partial charge is 0.253 e. The maximum absolute atomic E-state index is 12.6. The van der Waals surface area contributed by atoms with Gasteiger partial charge in [0.15, 0.2) is 0 Å². The van der Waals surface area contributed by atoms with Crippen LogP contribution in [0.2, 0.25) is 0 Å². The Bertz CT molecular complexity index is 561. The summed E-state index contributed by atoms with van der Waals surface area (Å²) in [7, 11) is 0. The molecule has 2 fully saturated rings. The zero-order valence-electron chi connectivity index (χ0n) is 13.8. The number of amides is 2. The molecule has 0 saturated carbocycles. The predicted octanol–water partition coefficient (Wildman–Crippen LogP) is 0.770. The molecule has 24 heavy (non-hydrogen) atoms. The largest absolute Gasteiger partial charge is 0.375 e. The lowest BCUT2D eigenvalue weighted by molar-refractivity contribution is -0.140. The van der Waals surface area contributed by atoms with Crippen molar-refractivity contribution in [3.05, 3.63) is 35.9 Å². The van der Waals surface area contributed by atoms with Crippen molar-refractivity contribution in [2.75, 3.05) is 39.3 Å². The molecule has 0 bridgehead atoms. The lowest BCUT2D eigenvalue weighted by Gasteiger charge is -2.38. The molecular weight excluding hydrogens is 330 g/mol. The average Bonchev–Trinajstić information content (AvgIpc) is 2.62. The van der Waals surface area contributed by atoms with Gasteiger partial charge in [-0.15, -0.1) is 12.4 Å². The van der Waals surface area contributed by atoms with Crippen LogP contribution in [0.3, 0.4) is 0 Å². The highest BCUT2D eigenvalue weighted by molar-refractivity contribution is 5.94. The SMILES string of the molecule is C[C@H]1OCCN[C@@H]1C(=O)N1CCN(C(=O)c2ccccc2)CC1.Cl. The van der Waals surface area contributed by atoms with E-state index in [2.05, 4.69) is 5.32 Å². The third-order valence-corrected chi connectivity index (χ3v) is 4.48. The molecule has 1 aromatic rings. The molecule has 2 aliphatic heterocycles. The number of nitrogens with zero attached hydrogens (tertiary/aromatic N) is 2. The topological polar surface area (TPSA) is 61.9 Å². The fourth-order valence-electron chi connectivity index (χ4n) is 3.10. The van der Waals surface area contributed by atoms with Gasteiger partial charge in [-0.2, -0.15) is 0 Å². The molecular formula is C17H24ClN3O3. The molecule has 0 aliphatic carbocycles. The highest BCUT2D eigenvalue weighted by Gasteiger charge is 2.33. The lowest BCUT2D eigenvalue weighted by Crippen LogP contribution is -2.60. The molecule has 2 atom stereocenters. The van der Waals surface area contributed by atoms with E-state index in [4.69, 9.17) is 4.74 Å². The first-order valence-corrected chi connectivity index (χ1v) is 8.15. The highest BCUT2D eigenvalue weighted by Crippen LogP contribution is 2.12. The van der Waals surface area contributed by atoms with Gasteiger partial charge in [-0.3, -0.25) is 9.59 Å². The molecule has 0 spiro atoms. The van der Waals surface area contributed by atoms with Gasteiger partial charge in [0.1, 0.15) is 6.04 Å². The minimum Gasteiger partial charge on any atom is -0.375 e. The van der Waals surface area contributed by atoms with Crippen LogP contribution in [-0.2, 0) is 9.53 Å². The summed E-state index contributed by atoms with van der Waals surface area (Å²) in [6.07, 6.45) is -0.111. The quantitative estimate of drug-likeness (QED) is 0.853. The first-order chi connectivity index (χ1) is 11.2. The zero-order valence-corrected chi connectivity index (χ0v) is 14.6. The summed E-state index contributed by atoms with van der Waals surface area (Å²) in [6, 6.07) is 9.00. The minimum absolute atomic E-state index is 0. The van der Waals surface area contributed by atoms with Gasteiger partial charge < -0.3 is 19.9 Å². The van der Waals surface area contributed by atoms with Crippen LogP contribution in [0.15, 0.2) is 30.3 Å². The second-order valence-electron chi connectivity index (χ2n) is 5.99. The molecule has 2 heterocycles. The van der Waals surface area contributed by atoms with Crippen molar-refractivity contribution in [3.63, 3.8) is 0 Å². The Morgan fingerprint density at radius 1 is 1.08 bits per heavy atom. The molecule has 2 aliphatic rings. The monoisotopic (exact) mass is 353 g/mol. The van der Waals surface area contributed by atoms with Crippen LogP contribution in [0.5, 0.6) is 0 Å². The van der Waals surface area contributed by atoms with E-state index in [1.165, 1.54) is 0 Å². The Morgan fingerprint density at radius 2 is 1.71 bits per heavy atom. The normalized spacial score (nSPS) is 24.2. The molecule has 2 saturated heterocycles. The number of carbonyl (C=O) groups is 2. The summed E-state index contributed by atoms with van der Waals surface area (Å²) < 4.78 is 5.55. The number of benzene rings is 1. The molecule has 1 aromatic carbocycles. The first-order valence-electron chi connectivity index (χ1n) is 8.15. The zero-order chi connectivity index (χ0) is 16.2. The van der Waals surface area contributed by atoms with Crippen LogP contribution in [0.4, 0.5) is 0 Å². The van der Waals surface area contributed by atoms with Crippen LogP contribution < -0.4 is 5.32 Å². The Kier molecular flexibility index (Phi) is 6.60. The molecule has 1 N–H and O–H groups in total. The lowest BCUT2D eigenvalue weighted by atomic mass is 10.1. The van der Waals surface area contributed by atoms with Crippen LogP contribution in [0, 0.1) is 0 Å². The van der Waals surface area contributed by atoms with Gasteiger partial charge in [-0.25, -0.2) is 0 Å². The van der Waals surface area contributed by atoms with Crippen LogP contribution in [0.25, 0.3) is 0 Å². The number of carbonyl (C=O) groups excluding carboxylic acids is 2. The summed E-state index contributed by atoms with van der Waals surface area (Å²) in [5.41, 5.74) is 0.697. The predicted molar refractivity (Wildman–Crippen MR) is 93.4 cm³/mol. The number of hydrogen-bond acceptors (Lipinski definition) is 4. The van der Waals surface area contributed by atoms with E-state index in [0.29, 0.717) is 44.9 Å². The molecule has 6 nitrogen and oxygen atoms in total. The number of piperazine rings is 1. The van der Waals surface area contributed by atoms with E-state index in [0.717, 1.165) is 0 Å². The Balaban J connectivity index is 0.00000208. The molecule has 3 rings (SSSR count). The van der Waals surface area contributed by atoms with Gasteiger partial charge >= 0.3 is 0 Å². The van der Waals surface area contributed by atoms with Crippen molar-refractivity contribution in [1.29, 1.82) is 0 Å². The summed E-state index contributed by atoms with van der Waals surface area (Å²) in [6.45, 7) is 5.55. The van der Waals surface area contributed by atoms with E-state index in [9.17, 15) is 9.59 Å². The van der Waals surface area contributed by atoms with Crippen LogP contribution >= 0.6 is 12.4 Å². The number of nitrogens with one attached hydrogen (secondary N) is 1. The molecule has 0 radical (unpaired) electrons. The van der Waals surface area contributed by atoms with E-state index in [1.54, 1.807) is 0 Å². The van der Waals surface area contributed by atoms with Gasteiger partial charge in [0.25, 0.3) is 5.91 Å². The fraction of sp³-hybridized carbons (Fsp3) is 0.529. The summed E-state index contributed by atoms with van der Waals surface area (Å²) in [5, 5.41) is 3.23. The van der Waals surface area contributed by atoms with Crippen molar-refractivity contribution in [3.8, 4) is 0 Å². The Morgan fingerprint density at radius 3 is 2.33 bits per heavy atom. The third kappa shape index (κ3) is 4.06. The van der Waals surface area contributed by atoms with Gasteiger partial charge in [0.05, 0.1) is 12.7 Å². The van der Waals surface area contributed by atoms with Gasteiger partial charge in [-0.1, -0.05) is 18.2 Å². The first kappa shape index (κ1) is 18.7. The van der Waals surface area contributed by atoms with E-state index in [-0.39, 0.29) is 36.4 Å². The van der Waals surface area contributed by atoms with Crippen molar-refractivity contribution < 1.29 is 14.3 Å². The molecule has 2 amide bonds. The average molecular weight is 354 g/mol. The molecule has 0 unspecified atom stereocenters. The third-order valence-electron chi connectivity index (χ3n) is 4.48. The number of rotatable bonds is 2. The van der Waals surface area contributed by atoms with Crippen molar-refractivity contribution in [2.45, 2.75) is 19.1 Å². The number of morpholine rings is 1. The second-order valence-corrected chi connectivity index (χ2v) is 5.99. The summed E-state index contributed by atoms with van der Waals surface area (Å²) in [4.78, 5) is 28.7. The van der Waals surface area contributed by atoms with Crippen molar-refractivity contribution in [2.24, 2.45) is 0 Å².